The number of nitrogens with one attached hydrogen (secondary N) is 1. The predicted octanol–water partition coefficient (Wildman–Crippen LogP) is 4.46. The molecule has 0 saturated carbocycles. The zero-order valence-corrected chi connectivity index (χ0v) is 19.3. The highest BCUT2D eigenvalue weighted by molar-refractivity contribution is 5.88. The second-order valence-corrected chi connectivity index (χ2v) is 9.25. The number of carbonyl (C=O) groups excluding carboxylic acids is 1. The molecule has 1 atom stereocenters. The first-order valence-electron chi connectivity index (χ1n) is 11.7. The van der Waals surface area contributed by atoms with E-state index in [0.29, 0.717) is 17.6 Å². The minimum absolute atomic E-state index is 0.0166. The Kier molecular flexibility index (Phi) is 5.48. The number of imidazole rings is 1. The second kappa shape index (κ2) is 8.46. The van der Waals surface area contributed by atoms with E-state index >= 15 is 0 Å². The standard InChI is InChI=1S/C26H29N5O2/c1-16(2)31-26(33)19-9-5-4-8-18(19)21(29-31)15-24(32)30-13-7-6-10-23(30)25-27-20-12-11-17(3)14-22(20)28-25/h4-5,8-9,11-12,14,16,23H,6-7,10,13,15H2,1-3H3,(H,27,28). The Balaban J connectivity index is 1.50. The first-order valence-corrected chi connectivity index (χ1v) is 11.7. The van der Waals surface area contributed by atoms with Gasteiger partial charge in [-0.3, -0.25) is 9.59 Å². The fourth-order valence-corrected chi connectivity index (χ4v) is 4.81. The van der Waals surface area contributed by atoms with Crippen LogP contribution in [0.5, 0.6) is 0 Å². The SMILES string of the molecule is Cc1ccc2nc(C3CCCCN3C(=O)Cc3nn(C(C)C)c(=O)c4ccccc34)[nH]c2c1. The van der Waals surface area contributed by atoms with Gasteiger partial charge in [-0.15, -0.1) is 0 Å². The van der Waals surface area contributed by atoms with Crippen LogP contribution >= 0.6 is 0 Å². The molecule has 1 fully saturated rings. The highest BCUT2D eigenvalue weighted by Crippen LogP contribution is 2.31. The van der Waals surface area contributed by atoms with Gasteiger partial charge in [-0.25, -0.2) is 9.67 Å². The third kappa shape index (κ3) is 3.92. The van der Waals surface area contributed by atoms with Crippen molar-refractivity contribution in [2.24, 2.45) is 0 Å². The summed E-state index contributed by atoms with van der Waals surface area (Å²) in [5, 5.41) is 5.96. The number of fused-ring (bicyclic) bond motifs is 2. The largest absolute Gasteiger partial charge is 0.340 e. The molecule has 1 aliphatic rings. The average Bonchev–Trinajstić information content (AvgIpc) is 3.23. The summed E-state index contributed by atoms with van der Waals surface area (Å²) < 4.78 is 1.49. The van der Waals surface area contributed by atoms with Crippen LogP contribution in [0.3, 0.4) is 0 Å². The van der Waals surface area contributed by atoms with E-state index in [1.807, 2.05) is 49.1 Å². The molecule has 4 aromatic rings. The zero-order valence-electron chi connectivity index (χ0n) is 19.3. The van der Waals surface area contributed by atoms with E-state index in [1.165, 1.54) is 10.2 Å². The van der Waals surface area contributed by atoms with Crippen molar-refractivity contribution in [2.75, 3.05) is 6.54 Å². The summed E-state index contributed by atoms with van der Waals surface area (Å²) in [4.78, 5) is 36.6. The number of hydrogen-bond donors (Lipinski definition) is 1. The van der Waals surface area contributed by atoms with E-state index in [-0.39, 0.29) is 30.0 Å². The van der Waals surface area contributed by atoms with E-state index in [1.54, 1.807) is 0 Å². The van der Waals surface area contributed by atoms with Crippen molar-refractivity contribution in [1.29, 1.82) is 0 Å². The lowest BCUT2D eigenvalue weighted by molar-refractivity contribution is -0.134. The number of aromatic amines is 1. The molecular formula is C26H29N5O2. The van der Waals surface area contributed by atoms with Crippen molar-refractivity contribution >= 4 is 27.7 Å². The van der Waals surface area contributed by atoms with Gasteiger partial charge >= 0.3 is 0 Å². The second-order valence-electron chi connectivity index (χ2n) is 9.25. The molecule has 0 spiro atoms. The van der Waals surface area contributed by atoms with E-state index in [9.17, 15) is 9.59 Å². The lowest BCUT2D eigenvalue weighted by Crippen LogP contribution is -2.40. The van der Waals surface area contributed by atoms with E-state index in [2.05, 4.69) is 29.1 Å². The van der Waals surface area contributed by atoms with Gasteiger partial charge in [0, 0.05) is 11.9 Å². The van der Waals surface area contributed by atoms with Gasteiger partial charge < -0.3 is 9.88 Å². The summed E-state index contributed by atoms with van der Waals surface area (Å²) in [5.41, 5.74) is 3.62. The molecule has 33 heavy (non-hydrogen) atoms. The Morgan fingerprint density at radius 3 is 2.73 bits per heavy atom. The molecule has 3 heterocycles. The van der Waals surface area contributed by atoms with Crippen LogP contribution in [0, 0.1) is 6.92 Å². The number of carbonyl (C=O) groups is 1. The van der Waals surface area contributed by atoms with E-state index in [4.69, 9.17) is 4.98 Å². The summed E-state index contributed by atoms with van der Waals surface area (Å²) in [7, 11) is 0. The van der Waals surface area contributed by atoms with Crippen LogP contribution in [0.15, 0.2) is 47.3 Å². The van der Waals surface area contributed by atoms with Crippen LogP contribution in [-0.4, -0.2) is 37.1 Å². The summed E-state index contributed by atoms with van der Waals surface area (Å²) in [5.74, 6) is 0.858. The third-order valence-electron chi connectivity index (χ3n) is 6.51. The zero-order chi connectivity index (χ0) is 23.1. The first-order chi connectivity index (χ1) is 15.9. The Hall–Kier alpha value is -3.48. The highest BCUT2D eigenvalue weighted by Gasteiger charge is 2.31. The smallest absolute Gasteiger partial charge is 0.274 e. The Morgan fingerprint density at radius 2 is 1.94 bits per heavy atom. The number of hydrogen-bond acceptors (Lipinski definition) is 4. The molecule has 2 aromatic carbocycles. The normalized spacial score (nSPS) is 16.7. The molecule has 7 heteroatoms. The predicted molar refractivity (Wildman–Crippen MR) is 129 cm³/mol. The maximum atomic E-state index is 13.6. The fraction of sp³-hybridized carbons (Fsp3) is 0.385. The fourth-order valence-electron chi connectivity index (χ4n) is 4.81. The maximum Gasteiger partial charge on any atom is 0.274 e. The summed E-state index contributed by atoms with van der Waals surface area (Å²) >= 11 is 0. The van der Waals surface area contributed by atoms with Gasteiger partial charge in [0.2, 0.25) is 5.91 Å². The molecule has 7 nitrogen and oxygen atoms in total. The molecule has 0 aliphatic carbocycles. The lowest BCUT2D eigenvalue weighted by atomic mass is 10.00. The van der Waals surface area contributed by atoms with Gasteiger partial charge in [-0.1, -0.05) is 24.3 Å². The molecule has 1 N–H and O–H groups in total. The third-order valence-corrected chi connectivity index (χ3v) is 6.51. The number of aromatic nitrogens is 4. The number of amides is 1. The van der Waals surface area contributed by atoms with Crippen LogP contribution in [-0.2, 0) is 11.2 Å². The van der Waals surface area contributed by atoms with Gasteiger partial charge in [0.05, 0.1) is 40.6 Å². The number of rotatable bonds is 4. The van der Waals surface area contributed by atoms with Crippen molar-refractivity contribution in [3.63, 3.8) is 0 Å². The summed E-state index contributed by atoms with van der Waals surface area (Å²) in [6, 6.07) is 13.4. The van der Waals surface area contributed by atoms with Gasteiger partial charge in [-0.2, -0.15) is 5.10 Å². The minimum atomic E-state index is -0.120. The van der Waals surface area contributed by atoms with Crippen LogP contribution in [0.2, 0.25) is 0 Å². The summed E-state index contributed by atoms with van der Waals surface area (Å²) in [6.45, 7) is 6.61. The van der Waals surface area contributed by atoms with Crippen LogP contribution < -0.4 is 5.56 Å². The van der Waals surface area contributed by atoms with Crippen LogP contribution in [0.1, 0.15) is 62.3 Å². The molecular weight excluding hydrogens is 414 g/mol. The number of nitrogens with zero attached hydrogens (tertiary/aromatic N) is 4. The maximum absolute atomic E-state index is 13.6. The molecule has 1 unspecified atom stereocenters. The van der Waals surface area contributed by atoms with Crippen molar-refractivity contribution in [3.8, 4) is 0 Å². The molecule has 1 amide bonds. The van der Waals surface area contributed by atoms with E-state index in [0.717, 1.165) is 41.5 Å². The number of H-pyrrole nitrogens is 1. The molecule has 0 bridgehead atoms. The van der Waals surface area contributed by atoms with Crippen molar-refractivity contribution in [2.45, 2.75) is 58.5 Å². The van der Waals surface area contributed by atoms with Gasteiger partial charge in [0.1, 0.15) is 5.82 Å². The molecule has 0 radical (unpaired) electrons. The Labute approximate surface area is 192 Å². The first kappa shape index (κ1) is 21.4. The molecule has 1 aliphatic heterocycles. The number of aryl methyl sites for hydroxylation is 1. The lowest BCUT2D eigenvalue weighted by Gasteiger charge is -2.34. The molecule has 1 saturated heterocycles. The summed E-state index contributed by atoms with van der Waals surface area (Å²) in [6.07, 6.45) is 3.07. The van der Waals surface area contributed by atoms with Gasteiger partial charge in [0.15, 0.2) is 0 Å². The monoisotopic (exact) mass is 443 g/mol. The van der Waals surface area contributed by atoms with Crippen molar-refractivity contribution in [1.82, 2.24) is 24.6 Å². The van der Waals surface area contributed by atoms with Crippen molar-refractivity contribution < 1.29 is 4.79 Å². The quantitative estimate of drug-likeness (QED) is 0.505. The highest BCUT2D eigenvalue weighted by atomic mass is 16.2. The topological polar surface area (TPSA) is 83.9 Å². The van der Waals surface area contributed by atoms with Crippen LogP contribution in [0.4, 0.5) is 0 Å². The Morgan fingerprint density at radius 1 is 1.15 bits per heavy atom. The minimum Gasteiger partial charge on any atom is -0.340 e. The number of likely N-dealkylation sites (tertiary alicyclic amines) is 1. The number of benzene rings is 2. The molecule has 170 valence electrons. The van der Waals surface area contributed by atoms with Crippen LogP contribution in [0.25, 0.3) is 21.8 Å². The average molecular weight is 444 g/mol. The molecule has 2 aromatic heterocycles. The molecule has 5 rings (SSSR count). The van der Waals surface area contributed by atoms with E-state index < -0.39 is 0 Å². The van der Waals surface area contributed by atoms with Gasteiger partial charge in [-0.05, 0) is 63.8 Å². The van der Waals surface area contributed by atoms with Crippen molar-refractivity contribution in [3.05, 3.63) is 69.9 Å². The Bertz CT molecular complexity index is 1400. The van der Waals surface area contributed by atoms with Gasteiger partial charge in [0.25, 0.3) is 5.56 Å². The number of piperidine rings is 1.